The Bertz CT molecular complexity index is 153. The molecule has 1 saturated heterocycles. The van der Waals surface area contributed by atoms with Gasteiger partial charge in [-0.2, -0.15) is 0 Å². The molecule has 0 amide bonds. The van der Waals surface area contributed by atoms with Crippen LogP contribution >= 0.6 is 0 Å². The molecule has 0 spiro atoms. The molecule has 1 rings (SSSR count). The second kappa shape index (κ2) is 8.08. The fraction of sp³-hybridized carbons (Fsp3) is 1.00. The van der Waals surface area contributed by atoms with Gasteiger partial charge < -0.3 is 10.1 Å². The van der Waals surface area contributed by atoms with E-state index in [-0.39, 0.29) is 0 Å². The largest absolute Gasteiger partial charge is 0.377 e. The maximum atomic E-state index is 5.81. The topological polar surface area (TPSA) is 24.5 Å². The first kappa shape index (κ1) is 12.9. The summed E-state index contributed by atoms with van der Waals surface area (Å²) in [6, 6.07) is 0. The van der Waals surface area contributed by atoms with Crippen molar-refractivity contribution in [2.24, 2.45) is 0 Å². The highest BCUT2D eigenvalue weighted by molar-refractivity contribution is 4.73. The molecule has 1 heterocycles. The van der Waals surface area contributed by atoms with Crippen molar-refractivity contribution in [3.05, 3.63) is 0 Å². The zero-order valence-corrected chi connectivity index (χ0v) is 10.3. The van der Waals surface area contributed by atoms with E-state index in [1.807, 2.05) is 0 Å². The van der Waals surface area contributed by atoms with Crippen LogP contribution in [-0.2, 0) is 4.74 Å². The van der Waals surface area contributed by atoms with E-state index in [4.69, 9.17) is 4.74 Å². The molecule has 0 aromatic carbocycles. The minimum atomic E-state index is 0.486. The molecule has 90 valence electrons. The van der Waals surface area contributed by atoms with Gasteiger partial charge in [-0.15, -0.1) is 0 Å². The van der Waals surface area contributed by atoms with Crippen molar-refractivity contribution in [1.82, 2.24) is 10.2 Å². The van der Waals surface area contributed by atoms with Gasteiger partial charge in [0.25, 0.3) is 0 Å². The smallest absolute Gasteiger partial charge is 0.0702 e. The van der Waals surface area contributed by atoms with E-state index in [1.54, 1.807) is 0 Å². The van der Waals surface area contributed by atoms with E-state index >= 15 is 0 Å². The van der Waals surface area contributed by atoms with Crippen LogP contribution in [0.3, 0.4) is 0 Å². The Morgan fingerprint density at radius 1 is 1.40 bits per heavy atom. The minimum absolute atomic E-state index is 0.486. The van der Waals surface area contributed by atoms with Crippen molar-refractivity contribution in [2.45, 2.75) is 39.2 Å². The molecule has 1 fully saturated rings. The van der Waals surface area contributed by atoms with Gasteiger partial charge in [-0.3, -0.25) is 4.90 Å². The molecular formula is C12H26N2O. The molecule has 3 heteroatoms. The highest BCUT2D eigenvalue weighted by atomic mass is 16.5. The number of hydrogen-bond donors (Lipinski definition) is 1. The van der Waals surface area contributed by atoms with Crippen molar-refractivity contribution < 1.29 is 4.74 Å². The number of ether oxygens (including phenoxy) is 1. The van der Waals surface area contributed by atoms with Gasteiger partial charge in [0.05, 0.1) is 6.10 Å². The third-order valence-corrected chi connectivity index (χ3v) is 2.87. The molecule has 1 aliphatic heterocycles. The van der Waals surface area contributed by atoms with E-state index < -0.39 is 0 Å². The number of piperidine rings is 1. The van der Waals surface area contributed by atoms with E-state index in [0.717, 1.165) is 32.7 Å². The molecule has 0 radical (unpaired) electrons. The second-order valence-corrected chi connectivity index (χ2v) is 4.29. The highest BCUT2D eigenvalue weighted by Crippen LogP contribution is 2.12. The summed E-state index contributed by atoms with van der Waals surface area (Å²) in [4.78, 5) is 2.52. The van der Waals surface area contributed by atoms with Crippen LogP contribution in [0.1, 0.15) is 33.1 Å². The zero-order chi connectivity index (χ0) is 10.9. The van der Waals surface area contributed by atoms with Crippen LogP contribution in [0.4, 0.5) is 0 Å². The molecule has 1 unspecified atom stereocenters. The summed E-state index contributed by atoms with van der Waals surface area (Å²) >= 11 is 0. The molecule has 0 bridgehead atoms. The first-order valence-electron chi connectivity index (χ1n) is 6.41. The number of nitrogens with zero attached hydrogens (tertiary/aromatic N) is 1. The summed E-state index contributed by atoms with van der Waals surface area (Å²) in [5, 5.41) is 3.37. The normalized spacial score (nSPS) is 23.2. The maximum absolute atomic E-state index is 5.81. The second-order valence-electron chi connectivity index (χ2n) is 4.29. The van der Waals surface area contributed by atoms with Gasteiger partial charge in [0.15, 0.2) is 0 Å². The molecule has 0 saturated carbocycles. The predicted octanol–water partition coefficient (Wildman–Crippen LogP) is 1.49. The van der Waals surface area contributed by atoms with E-state index in [2.05, 4.69) is 24.1 Å². The van der Waals surface area contributed by atoms with Gasteiger partial charge >= 0.3 is 0 Å². The van der Waals surface area contributed by atoms with Crippen LogP contribution in [0, 0.1) is 0 Å². The lowest BCUT2D eigenvalue weighted by Crippen LogP contribution is -2.42. The predicted molar refractivity (Wildman–Crippen MR) is 64.2 cm³/mol. The Morgan fingerprint density at radius 2 is 2.27 bits per heavy atom. The van der Waals surface area contributed by atoms with Gasteiger partial charge in [-0.1, -0.05) is 13.8 Å². The average Bonchev–Trinajstić information content (AvgIpc) is 2.27. The van der Waals surface area contributed by atoms with Crippen LogP contribution < -0.4 is 5.32 Å². The van der Waals surface area contributed by atoms with Gasteiger partial charge in [0, 0.05) is 26.2 Å². The average molecular weight is 214 g/mol. The Morgan fingerprint density at radius 3 is 3.00 bits per heavy atom. The van der Waals surface area contributed by atoms with Gasteiger partial charge in [-0.25, -0.2) is 0 Å². The van der Waals surface area contributed by atoms with Crippen LogP contribution in [0.5, 0.6) is 0 Å². The van der Waals surface area contributed by atoms with Crippen LogP contribution in [0.25, 0.3) is 0 Å². The van der Waals surface area contributed by atoms with Gasteiger partial charge in [0.1, 0.15) is 0 Å². The lowest BCUT2D eigenvalue weighted by molar-refractivity contribution is 0.000404. The summed E-state index contributed by atoms with van der Waals surface area (Å²) in [5.74, 6) is 0. The molecule has 3 nitrogen and oxygen atoms in total. The third-order valence-electron chi connectivity index (χ3n) is 2.87. The van der Waals surface area contributed by atoms with Crippen LogP contribution in [-0.4, -0.2) is 50.3 Å². The lowest BCUT2D eigenvalue weighted by Gasteiger charge is -2.32. The molecule has 0 aliphatic carbocycles. The number of likely N-dealkylation sites (tertiary alicyclic amines) is 1. The van der Waals surface area contributed by atoms with Crippen molar-refractivity contribution >= 4 is 0 Å². The lowest BCUT2D eigenvalue weighted by atomic mass is 10.1. The van der Waals surface area contributed by atoms with E-state index in [0.29, 0.717) is 6.10 Å². The summed E-state index contributed by atoms with van der Waals surface area (Å²) in [6.45, 7) is 11.0. The first-order valence-corrected chi connectivity index (χ1v) is 6.41. The molecule has 1 atom stereocenters. The monoisotopic (exact) mass is 214 g/mol. The quantitative estimate of drug-likeness (QED) is 0.650. The molecule has 1 aliphatic rings. The fourth-order valence-electron chi connectivity index (χ4n) is 2.05. The van der Waals surface area contributed by atoms with Crippen LogP contribution in [0.15, 0.2) is 0 Å². The summed E-state index contributed by atoms with van der Waals surface area (Å²) in [5.41, 5.74) is 0. The van der Waals surface area contributed by atoms with Crippen molar-refractivity contribution in [1.29, 1.82) is 0 Å². The Kier molecular flexibility index (Phi) is 6.98. The number of hydrogen-bond acceptors (Lipinski definition) is 3. The maximum Gasteiger partial charge on any atom is 0.0702 e. The molecular weight excluding hydrogens is 188 g/mol. The molecule has 0 aromatic heterocycles. The molecule has 15 heavy (non-hydrogen) atoms. The fourth-order valence-corrected chi connectivity index (χ4v) is 2.05. The SMILES string of the molecule is CCCOC1CCCN(CCNCC)C1. The summed E-state index contributed by atoms with van der Waals surface area (Å²) in [7, 11) is 0. The van der Waals surface area contributed by atoms with Crippen molar-refractivity contribution in [3.63, 3.8) is 0 Å². The number of nitrogens with one attached hydrogen (secondary N) is 1. The summed E-state index contributed by atoms with van der Waals surface area (Å²) < 4.78 is 5.81. The third kappa shape index (κ3) is 5.50. The number of likely N-dealkylation sites (N-methyl/N-ethyl adjacent to an activating group) is 1. The Hall–Kier alpha value is -0.120. The van der Waals surface area contributed by atoms with E-state index in [9.17, 15) is 0 Å². The number of rotatable bonds is 7. The van der Waals surface area contributed by atoms with Gasteiger partial charge in [-0.05, 0) is 32.4 Å². The van der Waals surface area contributed by atoms with Crippen molar-refractivity contribution in [2.75, 3.05) is 39.3 Å². The minimum Gasteiger partial charge on any atom is -0.377 e. The Balaban J connectivity index is 2.11. The van der Waals surface area contributed by atoms with Gasteiger partial charge in [0.2, 0.25) is 0 Å². The Labute approximate surface area is 94.2 Å². The standard InChI is InChI=1S/C12H26N2O/c1-3-10-15-12-6-5-8-14(11-12)9-7-13-4-2/h12-13H,3-11H2,1-2H3. The zero-order valence-electron chi connectivity index (χ0n) is 10.3. The highest BCUT2D eigenvalue weighted by Gasteiger charge is 2.19. The van der Waals surface area contributed by atoms with Crippen LogP contribution in [0.2, 0.25) is 0 Å². The van der Waals surface area contributed by atoms with Crippen molar-refractivity contribution in [3.8, 4) is 0 Å². The van der Waals surface area contributed by atoms with E-state index in [1.165, 1.54) is 25.9 Å². The molecule has 0 aromatic rings. The first-order chi connectivity index (χ1) is 7.36. The molecule has 1 N–H and O–H groups in total. The summed E-state index contributed by atoms with van der Waals surface area (Å²) in [6.07, 6.45) is 4.16.